The molecule has 15 heavy (non-hydrogen) atoms. The van der Waals surface area contributed by atoms with E-state index in [1.54, 1.807) is 0 Å². The van der Waals surface area contributed by atoms with E-state index in [1.165, 1.54) is 32.8 Å². The Bertz CT molecular complexity index is 236. The highest BCUT2D eigenvalue weighted by Gasteiger charge is 2.40. The first-order chi connectivity index (χ1) is 7.24. The lowest BCUT2D eigenvalue weighted by Crippen LogP contribution is -2.58. The van der Waals surface area contributed by atoms with Gasteiger partial charge in [0.15, 0.2) is 0 Å². The number of nitrogens with zero attached hydrogens (tertiary/aromatic N) is 1. The van der Waals surface area contributed by atoms with Gasteiger partial charge >= 0.3 is 5.97 Å². The highest BCUT2D eigenvalue weighted by atomic mass is 16.5. The van der Waals surface area contributed by atoms with Crippen molar-refractivity contribution in [3.05, 3.63) is 0 Å². The summed E-state index contributed by atoms with van der Waals surface area (Å²) >= 11 is 0. The smallest absolute Gasteiger partial charge is 0.323 e. The maximum atomic E-state index is 11.5. The summed E-state index contributed by atoms with van der Waals surface area (Å²) in [6.45, 7) is 3.34. The number of ether oxygens (including phenoxy) is 1. The summed E-state index contributed by atoms with van der Waals surface area (Å²) in [5, 5.41) is 0. The number of esters is 1. The summed E-state index contributed by atoms with van der Waals surface area (Å²) < 4.78 is 4.82. The molecule has 0 radical (unpaired) electrons. The zero-order valence-corrected chi connectivity index (χ0v) is 9.74. The van der Waals surface area contributed by atoms with E-state index in [0.717, 1.165) is 18.9 Å². The van der Waals surface area contributed by atoms with Crippen LogP contribution < -0.4 is 0 Å². The van der Waals surface area contributed by atoms with E-state index in [4.69, 9.17) is 4.74 Å². The van der Waals surface area contributed by atoms with Crippen LogP contribution in [0.1, 0.15) is 39.0 Å². The van der Waals surface area contributed by atoms with Crippen molar-refractivity contribution in [2.45, 2.75) is 51.1 Å². The predicted molar refractivity (Wildman–Crippen MR) is 58.5 cm³/mol. The van der Waals surface area contributed by atoms with E-state index in [0.29, 0.717) is 6.04 Å². The van der Waals surface area contributed by atoms with Crippen LogP contribution in [-0.4, -0.2) is 36.6 Å². The summed E-state index contributed by atoms with van der Waals surface area (Å²) in [5.74, 6) is 0.753. The molecule has 1 aliphatic carbocycles. The number of likely N-dealkylation sites (tertiary alicyclic amines) is 1. The van der Waals surface area contributed by atoms with Gasteiger partial charge in [0.25, 0.3) is 0 Å². The molecule has 0 aromatic rings. The van der Waals surface area contributed by atoms with Gasteiger partial charge in [-0.05, 0) is 32.1 Å². The molecule has 1 saturated carbocycles. The summed E-state index contributed by atoms with van der Waals surface area (Å²) in [6, 6.07) is 0.607. The first-order valence-electron chi connectivity index (χ1n) is 6.07. The van der Waals surface area contributed by atoms with Crippen molar-refractivity contribution in [3.8, 4) is 0 Å². The van der Waals surface area contributed by atoms with E-state index in [9.17, 15) is 4.79 Å². The number of carbonyl (C=O) groups excluding carboxylic acids is 1. The summed E-state index contributed by atoms with van der Waals surface area (Å²) in [7, 11) is 1.49. The average Bonchev–Trinajstić information content (AvgIpc) is 2.68. The molecule has 2 unspecified atom stereocenters. The maximum Gasteiger partial charge on any atom is 0.323 e. The average molecular weight is 211 g/mol. The second-order valence-electron chi connectivity index (χ2n) is 4.85. The predicted octanol–water partition coefficient (Wildman–Crippen LogP) is 1.81. The molecule has 1 heterocycles. The first-order valence-corrected chi connectivity index (χ1v) is 6.07. The fourth-order valence-electron chi connectivity index (χ4n) is 2.99. The molecular formula is C12H21NO2. The Morgan fingerprint density at radius 1 is 1.33 bits per heavy atom. The molecule has 1 aliphatic heterocycles. The van der Waals surface area contributed by atoms with Gasteiger partial charge in [0.05, 0.1) is 7.11 Å². The Hall–Kier alpha value is -0.570. The van der Waals surface area contributed by atoms with Gasteiger partial charge in [0.1, 0.15) is 6.04 Å². The number of rotatable bonds is 3. The second-order valence-corrected chi connectivity index (χ2v) is 4.85. The van der Waals surface area contributed by atoms with Crippen molar-refractivity contribution in [2.75, 3.05) is 13.7 Å². The normalized spacial score (nSPS) is 29.9. The van der Waals surface area contributed by atoms with E-state index in [2.05, 4.69) is 11.8 Å². The summed E-state index contributed by atoms with van der Waals surface area (Å²) in [4.78, 5) is 13.8. The van der Waals surface area contributed by atoms with Gasteiger partial charge in [-0.3, -0.25) is 9.69 Å². The Balaban J connectivity index is 1.90. The monoisotopic (exact) mass is 211 g/mol. The van der Waals surface area contributed by atoms with Crippen molar-refractivity contribution in [1.82, 2.24) is 4.90 Å². The minimum absolute atomic E-state index is 0.0469. The number of carbonyl (C=O) groups is 1. The zero-order valence-electron chi connectivity index (χ0n) is 9.74. The van der Waals surface area contributed by atoms with Crippen molar-refractivity contribution >= 4 is 5.97 Å². The molecule has 2 rings (SSSR count). The van der Waals surface area contributed by atoms with Crippen molar-refractivity contribution in [3.63, 3.8) is 0 Å². The van der Waals surface area contributed by atoms with Gasteiger partial charge in [-0.1, -0.05) is 12.8 Å². The fraction of sp³-hybridized carbons (Fsp3) is 0.917. The third-order valence-corrected chi connectivity index (χ3v) is 4.14. The zero-order chi connectivity index (χ0) is 10.8. The minimum Gasteiger partial charge on any atom is -0.468 e. The van der Waals surface area contributed by atoms with E-state index < -0.39 is 0 Å². The van der Waals surface area contributed by atoms with E-state index in [1.807, 2.05) is 0 Å². The highest BCUT2D eigenvalue weighted by molar-refractivity contribution is 5.76. The SMILES string of the molecule is COC(=O)C1CCN1C(C)C1CCCC1. The van der Waals surface area contributed by atoms with Crippen LogP contribution >= 0.6 is 0 Å². The van der Waals surface area contributed by atoms with Crippen LogP contribution in [0.15, 0.2) is 0 Å². The Morgan fingerprint density at radius 2 is 2.00 bits per heavy atom. The van der Waals surface area contributed by atoms with Crippen LogP contribution in [0.25, 0.3) is 0 Å². The molecule has 0 bridgehead atoms. The fourth-order valence-corrected chi connectivity index (χ4v) is 2.99. The van der Waals surface area contributed by atoms with Crippen LogP contribution in [0.5, 0.6) is 0 Å². The lowest BCUT2D eigenvalue weighted by Gasteiger charge is -2.45. The van der Waals surface area contributed by atoms with Crippen LogP contribution in [0, 0.1) is 5.92 Å². The van der Waals surface area contributed by atoms with Gasteiger partial charge in [-0.2, -0.15) is 0 Å². The number of methoxy groups -OCH3 is 1. The Morgan fingerprint density at radius 3 is 2.47 bits per heavy atom. The van der Waals surface area contributed by atoms with Crippen molar-refractivity contribution in [2.24, 2.45) is 5.92 Å². The molecule has 0 N–H and O–H groups in total. The molecular weight excluding hydrogens is 190 g/mol. The van der Waals surface area contributed by atoms with Crippen LogP contribution in [0.2, 0.25) is 0 Å². The standard InChI is InChI=1S/C12H21NO2/c1-9(10-5-3-4-6-10)13-8-7-11(13)12(14)15-2/h9-11H,3-8H2,1-2H3. The highest BCUT2D eigenvalue weighted by Crippen LogP contribution is 2.34. The van der Waals surface area contributed by atoms with Gasteiger partial charge in [-0.15, -0.1) is 0 Å². The molecule has 2 atom stereocenters. The topological polar surface area (TPSA) is 29.5 Å². The lowest BCUT2D eigenvalue weighted by atomic mass is 9.91. The quantitative estimate of drug-likeness (QED) is 0.667. The molecule has 2 aliphatic rings. The maximum absolute atomic E-state index is 11.5. The van der Waals surface area contributed by atoms with Gasteiger partial charge in [0.2, 0.25) is 0 Å². The summed E-state index contributed by atoms with van der Waals surface area (Å²) in [5.41, 5.74) is 0. The van der Waals surface area contributed by atoms with Crippen molar-refractivity contribution < 1.29 is 9.53 Å². The van der Waals surface area contributed by atoms with Crippen LogP contribution in [0.4, 0.5) is 0 Å². The third kappa shape index (κ3) is 2.03. The lowest BCUT2D eigenvalue weighted by molar-refractivity contribution is -0.154. The molecule has 86 valence electrons. The molecule has 0 amide bonds. The molecule has 2 fully saturated rings. The molecule has 0 spiro atoms. The summed E-state index contributed by atoms with van der Waals surface area (Å²) in [6.07, 6.45) is 6.39. The first kappa shape index (κ1) is 10.9. The van der Waals surface area contributed by atoms with Gasteiger partial charge in [0, 0.05) is 12.6 Å². The van der Waals surface area contributed by atoms with E-state index in [-0.39, 0.29) is 12.0 Å². The van der Waals surface area contributed by atoms with Crippen LogP contribution in [-0.2, 0) is 9.53 Å². The Kier molecular flexibility index (Phi) is 3.29. The Labute approximate surface area is 91.8 Å². The van der Waals surface area contributed by atoms with Crippen LogP contribution in [0.3, 0.4) is 0 Å². The molecule has 0 aromatic carbocycles. The van der Waals surface area contributed by atoms with Crippen molar-refractivity contribution in [1.29, 1.82) is 0 Å². The molecule has 3 nitrogen and oxygen atoms in total. The third-order valence-electron chi connectivity index (χ3n) is 4.14. The molecule has 1 saturated heterocycles. The van der Waals surface area contributed by atoms with Gasteiger partial charge in [-0.25, -0.2) is 0 Å². The molecule has 3 heteroatoms. The largest absolute Gasteiger partial charge is 0.468 e. The second kappa shape index (κ2) is 4.52. The van der Waals surface area contributed by atoms with E-state index >= 15 is 0 Å². The minimum atomic E-state index is -0.0499. The number of hydrogen-bond donors (Lipinski definition) is 0. The number of hydrogen-bond acceptors (Lipinski definition) is 3. The van der Waals surface area contributed by atoms with Gasteiger partial charge < -0.3 is 4.74 Å². The molecule has 0 aromatic heterocycles.